The van der Waals surface area contributed by atoms with Crippen molar-refractivity contribution in [3.8, 4) is 17.0 Å². The second-order valence-electron chi connectivity index (χ2n) is 7.39. The average molecular weight is 417 g/mol. The van der Waals surface area contributed by atoms with Gasteiger partial charge in [0.25, 0.3) is 0 Å². The van der Waals surface area contributed by atoms with E-state index < -0.39 is 24.5 Å². The molecule has 0 amide bonds. The van der Waals surface area contributed by atoms with E-state index in [1.54, 1.807) is 4.57 Å². The Morgan fingerprint density at radius 2 is 1.84 bits per heavy atom. The van der Waals surface area contributed by atoms with Crippen LogP contribution in [0.25, 0.3) is 22.4 Å². The van der Waals surface area contributed by atoms with Crippen LogP contribution < -0.4 is 4.74 Å². The monoisotopic (exact) mass is 417 g/mol. The predicted molar refractivity (Wildman–Crippen MR) is 113 cm³/mol. The van der Waals surface area contributed by atoms with Gasteiger partial charge in [-0.2, -0.15) is 0 Å². The minimum Gasteiger partial charge on any atom is -0.489 e. The number of fused-ring (bicyclic) bond motifs is 1. The molecule has 4 aromatic rings. The molecule has 1 aliphatic heterocycles. The van der Waals surface area contributed by atoms with E-state index in [0.717, 1.165) is 11.1 Å². The van der Waals surface area contributed by atoms with Gasteiger partial charge in [0.2, 0.25) is 0 Å². The van der Waals surface area contributed by atoms with Crippen LogP contribution in [0.3, 0.4) is 0 Å². The lowest BCUT2D eigenvalue weighted by atomic mass is 10.1. The summed E-state index contributed by atoms with van der Waals surface area (Å²) >= 11 is 0. The van der Waals surface area contributed by atoms with Gasteiger partial charge >= 0.3 is 0 Å². The quantitative estimate of drug-likeness (QED) is 0.514. The zero-order chi connectivity index (χ0) is 21.4. The van der Waals surface area contributed by atoms with E-state index in [-0.39, 0.29) is 0 Å². The molecule has 157 valence electrons. The molecule has 0 aliphatic carbocycles. The van der Waals surface area contributed by atoms with E-state index in [4.69, 9.17) is 9.47 Å². The fourth-order valence-corrected chi connectivity index (χ4v) is 3.68. The zero-order valence-corrected chi connectivity index (χ0v) is 16.6. The van der Waals surface area contributed by atoms with Gasteiger partial charge in [-0.15, -0.1) is 0 Å². The van der Waals surface area contributed by atoms with Crippen molar-refractivity contribution in [2.45, 2.75) is 31.1 Å². The third-order valence-electron chi connectivity index (χ3n) is 5.33. The lowest BCUT2D eigenvalue weighted by molar-refractivity contribution is -0.0249. The minimum atomic E-state index is -1.13. The van der Waals surface area contributed by atoms with Crippen LogP contribution in [0.1, 0.15) is 11.8 Å². The van der Waals surface area contributed by atoms with E-state index >= 15 is 0 Å². The summed E-state index contributed by atoms with van der Waals surface area (Å²) in [5, 5.41) is 20.3. The van der Waals surface area contributed by atoms with Gasteiger partial charge in [-0.25, -0.2) is 15.0 Å². The SMILES string of the molecule is [CH2][C@H]1O[C@@H](n2cnc3c(-c4cccc(OCc5ccccc5)c4)ncnc32)[C@H](O)[C@@H]1O. The first kappa shape index (κ1) is 19.6. The lowest BCUT2D eigenvalue weighted by Crippen LogP contribution is -2.30. The zero-order valence-electron chi connectivity index (χ0n) is 16.6. The van der Waals surface area contributed by atoms with Crippen molar-refractivity contribution in [3.05, 3.63) is 79.7 Å². The predicted octanol–water partition coefficient (Wildman–Crippen LogP) is 2.53. The fourth-order valence-electron chi connectivity index (χ4n) is 3.68. The van der Waals surface area contributed by atoms with Crippen LogP contribution in [0.4, 0.5) is 0 Å². The Morgan fingerprint density at radius 1 is 1.00 bits per heavy atom. The van der Waals surface area contributed by atoms with Crippen LogP contribution in [-0.2, 0) is 11.3 Å². The van der Waals surface area contributed by atoms with Gasteiger partial charge in [0.05, 0.1) is 12.4 Å². The molecule has 8 heteroatoms. The highest BCUT2D eigenvalue weighted by atomic mass is 16.6. The molecule has 2 aromatic carbocycles. The molecule has 3 heterocycles. The van der Waals surface area contributed by atoms with Gasteiger partial charge < -0.3 is 19.7 Å². The van der Waals surface area contributed by atoms with Crippen molar-refractivity contribution in [3.63, 3.8) is 0 Å². The van der Waals surface area contributed by atoms with Crippen LogP contribution in [0, 0.1) is 6.92 Å². The summed E-state index contributed by atoms with van der Waals surface area (Å²) in [4.78, 5) is 13.2. The normalized spacial score (nSPS) is 23.3. The van der Waals surface area contributed by atoms with Crippen LogP contribution in [0.15, 0.2) is 67.3 Å². The summed E-state index contributed by atoms with van der Waals surface area (Å²) in [6, 6.07) is 17.6. The van der Waals surface area contributed by atoms with E-state index in [9.17, 15) is 10.2 Å². The molecular weight excluding hydrogens is 396 g/mol. The highest BCUT2D eigenvalue weighted by Gasteiger charge is 2.42. The summed E-state index contributed by atoms with van der Waals surface area (Å²) in [5.74, 6) is 0.713. The third-order valence-corrected chi connectivity index (χ3v) is 5.33. The first-order chi connectivity index (χ1) is 15.1. The average Bonchev–Trinajstić information content (AvgIpc) is 3.35. The van der Waals surface area contributed by atoms with Crippen LogP contribution in [-0.4, -0.2) is 48.0 Å². The Kier molecular flexibility index (Phi) is 5.11. The van der Waals surface area contributed by atoms with Gasteiger partial charge in [0.1, 0.15) is 42.1 Å². The Morgan fingerprint density at radius 3 is 2.61 bits per heavy atom. The fraction of sp³-hybridized carbons (Fsp3) is 0.217. The molecule has 1 radical (unpaired) electrons. The highest BCUT2D eigenvalue weighted by molar-refractivity contribution is 5.87. The number of hydrogen-bond acceptors (Lipinski definition) is 7. The molecule has 1 saturated heterocycles. The minimum absolute atomic E-state index is 0.462. The maximum atomic E-state index is 10.3. The van der Waals surface area contributed by atoms with Gasteiger partial charge in [0.15, 0.2) is 11.9 Å². The molecular formula is C23H21N4O4. The summed E-state index contributed by atoms with van der Waals surface area (Å²) < 4.78 is 13.1. The summed E-state index contributed by atoms with van der Waals surface area (Å²) in [7, 11) is 0. The van der Waals surface area contributed by atoms with Crippen molar-refractivity contribution in [2.75, 3.05) is 0 Å². The number of benzene rings is 2. The Labute approximate surface area is 178 Å². The van der Waals surface area contributed by atoms with Crippen LogP contribution >= 0.6 is 0 Å². The number of aliphatic hydroxyl groups excluding tert-OH is 2. The molecule has 2 N–H and O–H groups in total. The van der Waals surface area contributed by atoms with Gasteiger partial charge in [-0.1, -0.05) is 42.5 Å². The molecule has 0 unspecified atom stereocenters. The summed E-state index contributed by atoms with van der Waals surface area (Å²) in [5.41, 5.74) is 3.59. The van der Waals surface area contributed by atoms with Crippen molar-refractivity contribution in [1.82, 2.24) is 19.5 Å². The number of nitrogens with zero attached hydrogens (tertiary/aromatic N) is 4. The molecule has 1 aliphatic rings. The molecule has 2 aromatic heterocycles. The first-order valence-corrected chi connectivity index (χ1v) is 9.91. The van der Waals surface area contributed by atoms with Crippen molar-refractivity contribution < 1.29 is 19.7 Å². The largest absolute Gasteiger partial charge is 0.489 e. The Balaban J connectivity index is 1.45. The molecule has 0 bridgehead atoms. The lowest BCUT2D eigenvalue weighted by Gasteiger charge is -2.16. The number of aromatic nitrogens is 4. The molecule has 0 saturated carbocycles. The molecule has 5 rings (SSSR count). The van der Waals surface area contributed by atoms with E-state index in [1.807, 2.05) is 54.6 Å². The number of ether oxygens (including phenoxy) is 2. The van der Waals surface area contributed by atoms with Crippen molar-refractivity contribution in [2.24, 2.45) is 0 Å². The maximum absolute atomic E-state index is 10.3. The van der Waals surface area contributed by atoms with Crippen LogP contribution in [0.5, 0.6) is 5.75 Å². The molecule has 0 spiro atoms. The second-order valence-corrected chi connectivity index (χ2v) is 7.39. The van der Waals surface area contributed by atoms with Crippen molar-refractivity contribution in [1.29, 1.82) is 0 Å². The molecule has 31 heavy (non-hydrogen) atoms. The van der Waals surface area contributed by atoms with Gasteiger partial charge in [-0.05, 0) is 24.6 Å². The molecule has 4 atom stereocenters. The number of hydrogen-bond donors (Lipinski definition) is 2. The van der Waals surface area contributed by atoms with Crippen LogP contribution in [0.2, 0.25) is 0 Å². The number of aliphatic hydroxyl groups is 2. The number of imidazole rings is 1. The van der Waals surface area contributed by atoms with E-state index in [2.05, 4.69) is 21.9 Å². The smallest absolute Gasteiger partial charge is 0.166 e. The Bertz CT molecular complexity index is 1200. The number of rotatable bonds is 5. The molecule has 1 fully saturated rings. The maximum Gasteiger partial charge on any atom is 0.166 e. The second kappa shape index (κ2) is 8.07. The topological polar surface area (TPSA) is 103 Å². The standard InChI is InChI=1S/C23H21N4O4/c1-14-20(28)21(29)23(31-14)27-13-26-19-18(24-12-25-22(19)27)16-8-5-9-17(10-16)30-11-15-6-3-2-4-7-15/h2-10,12-14,20-21,23,28-29H,1,11H2/t14-,20-,21-,23-/m1/s1. The summed E-state index contributed by atoms with van der Waals surface area (Å²) in [6.07, 6.45) is -0.817. The van der Waals surface area contributed by atoms with Gasteiger partial charge in [0, 0.05) is 5.56 Å². The molecule has 8 nitrogen and oxygen atoms in total. The van der Waals surface area contributed by atoms with Gasteiger partial charge in [-0.3, -0.25) is 4.57 Å². The third kappa shape index (κ3) is 3.65. The highest BCUT2D eigenvalue weighted by Crippen LogP contribution is 2.33. The van der Waals surface area contributed by atoms with E-state index in [1.165, 1.54) is 12.7 Å². The van der Waals surface area contributed by atoms with E-state index in [0.29, 0.717) is 29.2 Å². The Hall–Kier alpha value is -3.33. The summed E-state index contributed by atoms with van der Waals surface area (Å²) in [6.45, 7) is 4.17. The first-order valence-electron chi connectivity index (χ1n) is 9.91. The van der Waals surface area contributed by atoms with Crippen molar-refractivity contribution >= 4 is 11.2 Å².